The lowest BCUT2D eigenvalue weighted by Crippen LogP contribution is -2.47. The van der Waals surface area contributed by atoms with Crippen molar-refractivity contribution in [3.63, 3.8) is 0 Å². The van der Waals surface area contributed by atoms with Gasteiger partial charge in [-0.2, -0.15) is 0 Å². The third-order valence-corrected chi connectivity index (χ3v) is 4.49. The molecule has 0 radical (unpaired) electrons. The van der Waals surface area contributed by atoms with Gasteiger partial charge in [-0.25, -0.2) is 4.39 Å². The Hall–Kier alpha value is -1.82. The first-order valence-corrected chi connectivity index (χ1v) is 8.88. The number of rotatable bonds is 7. The molecule has 1 saturated heterocycles. The highest BCUT2D eigenvalue weighted by Gasteiger charge is 2.18. The summed E-state index contributed by atoms with van der Waals surface area (Å²) in [5.41, 5.74) is 6.56. The molecule has 1 aliphatic heterocycles. The molecule has 0 saturated carbocycles. The predicted octanol–water partition coefficient (Wildman–Crippen LogP) is 2.04. The Morgan fingerprint density at radius 3 is 2.67 bits per heavy atom. The van der Waals surface area contributed by atoms with Gasteiger partial charge >= 0.3 is 0 Å². The molecule has 0 aromatic heterocycles. The van der Waals surface area contributed by atoms with Crippen molar-refractivity contribution in [3.05, 3.63) is 30.1 Å². The third-order valence-electron chi connectivity index (χ3n) is 4.49. The lowest BCUT2D eigenvalue weighted by atomic mass is 10.2. The molecule has 1 atom stereocenters. The summed E-state index contributed by atoms with van der Waals surface area (Å²) in [5, 5.41) is 3.17. The lowest BCUT2D eigenvalue weighted by Gasteiger charge is -2.36. The average Bonchev–Trinajstić information content (AvgIpc) is 2.59. The standard InChI is InChI=1S/C18H30FN5/c1-3-15(2)22-18(20)21-9-6-10-23-11-13-24(14-12-23)17-8-5-4-7-16(17)19/h4-5,7-8,15H,3,6,9-14H2,1-2H3,(H3,20,21,22). The number of anilines is 1. The van der Waals surface area contributed by atoms with Crippen molar-refractivity contribution in [3.8, 4) is 0 Å². The van der Waals surface area contributed by atoms with Crippen molar-refractivity contribution in [2.24, 2.45) is 10.7 Å². The fourth-order valence-corrected chi connectivity index (χ4v) is 2.81. The first kappa shape index (κ1) is 18.5. The van der Waals surface area contributed by atoms with E-state index in [4.69, 9.17) is 5.73 Å². The van der Waals surface area contributed by atoms with Crippen LogP contribution in [-0.4, -0.2) is 56.2 Å². The van der Waals surface area contributed by atoms with Gasteiger partial charge in [0.15, 0.2) is 5.96 Å². The number of piperazine rings is 1. The van der Waals surface area contributed by atoms with E-state index in [0.29, 0.717) is 17.7 Å². The molecule has 1 aliphatic rings. The quantitative estimate of drug-likeness (QED) is 0.455. The summed E-state index contributed by atoms with van der Waals surface area (Å²) in [4.78, 5) is 8.90. The molecular weight excluding hydrogens is 305 g/mol. The Bertz CT molecular complexity index is 526. The van der Waals surface area contributed by atoms with Crippen molar-refractivity contribution in [2.45, 2.75) is 32.7 Å². The number of hydrogen-bond donors (Lipinski definition) is 2. The molecule has 134 valence electrons. The van der Waals surface area contributed by atoms with Crippen LogP contribution < -0.4 is 16.0 Å². The van der Waals surface area contributed by atoms with Gasteiger partial charge in [0.05, 0.1) is 5.69 Å². The molecule has 1 fully saturated rings. The van der Waals surface area contributed by atoms with Crippen LogP contribution in [0.4, 0.5) is 10.1 Å². The van der Waals surface area contributed by atoms with Crippen molar-refractivity contribution in [1.29, 1.82) is 0 Å². The molecule has 0 amide bonds. The molecule has 5 nitrogen and oxygen atoms in total. The topological polar surface area (TPSA) is 56.9 Å². The van der Waals surface area contributed by atoms with E-state index in [1.54, 1.807) is 6.07 Å². The Morgan fingerprint density at radius 2 is 2.00 bits per heavy atom. The Kier molecular flexibility index (Phi) is 7.31. The molecule has 6 heteroatoms. The lowest BCUT2D eigenvalue weighted by molar-refractivity contribution is 0.256. The van der Waals surface area contributed by atoms with Crippen LogP contribution in [0.1, 0.15) is 26.7 Å². The second-order valence-corrected chi connectivity index (χ2v) is 6.35. The molecule has 1 aromatic carbocycles. The highest BCUT2D eigenvalue weighted by molar-refractivity contribution is 5.78. The Morgan fingerprint density at radius 1 is 1.29 bits per heavy atom. The molecule has 0 spiro atoms. The summed E-state index contributed by atoms with van der Waals surface area (Å²) >= 11 is 0. The zero-order chi connectivity index (χ0) is 17.4. The van der Waals surface area contributed by atoms with Crippen LogP contribution in [0.5, 0.6) is 0 Å². The summed E-state index contributed by atoms with van der Waals surface area (Å²) in [6, 6.07) is 7.36. The highest BCUT2D eigenvalue weighted by atomic mass is 19.1. The van der Waals surface area contributed by atoms with Gasteiger partial charge in [-0.15, -0.1) is 0 Å². The molecular formula is C18H30FN5. The first-order valence-electron chi connectivity index (χ1n) is 8.88. The molecule has 24 heavy (non-hydrogen) atoms. The maximum absolute atomic E-state index is 13.8. The second kappa shape index (κ2) is 9.47. The summed E-state index contributed by atoms with van der Waals surface area (Å²) < 4.78 is 13.8. The van der Waals surface area contributed by atoms with Gasteiger partial charge in [-0.05, 0) is 31.9 Å². The highest BCUT2D eigenvalue weighted by Crippen LogP contribution is 2.20. The summed E-state index contributed by atoms with van der Waals surface area (Å²) in [6.45, 7) is 9.60. The summed E-state index contributed by atoms with van der Waals surface area (Å²) in [7, 11) is 0. The number of halogens is 1. The van der Waals surface area contributed by atoms with Crippen molar-refractivity contribution < 1.29 is 4.39 Å². The van der Waals surface area contributed by atoms with Crippen LogP contribution in [0.25, 0.3) is 0 Å². The number of aliphatic imine (C=N–C) groups is 1. The van der Waals surface area contributed by atoms with E-state index in [0.717, 1.165) is 52.1 Å². The Balaban J connectivity index is 1.67. The first-order chi connectivity index (χ1) is 11.6. The van der Waals surface area contributed by atoms with Crippen LogP contribution in [0.15, 0.2) is 29.3 Å². The van der Waals surface area contributed by atoms with E-state index in [9.17, 15) is 4.39 Å². The Labute approximate surface area is 144 Å². The predicted molar refractivity (Wildman–Crippen MR) is 99.0 cm³/mol. The average molecular weight is 335 g/mol. The maximum Gasteiger partial charge on any atom is 0.188 e. The summed E-state index contributed by atoms with van der Waals surface area (Å²) in [5.74, 6) is 0.401. The maximum atomic E-state index is 13.8. The number of para-hydroxylation sites is 1. The van der Waals surface area contributed by atoms with E-state index >= 15 is 0 Å². The molecule has 0 aliphatic carbocycles. The van der Waals surface area contributed by atoms with Gasteiger partial charge in [0.25, 0.3) is 0 Å². The number of nitrogens with one attached hydrogen (secondary N) is 1. The molecule has 1 unspecified atom stereocenters. The van der Waals surface area contributed by atoms with Crippen LogP contribution in [0.3, 0.4) is 0 Å². The molecule has 2 rings (SSSR count). The number of hydrogen-bond acceptors (Lipinski definition) is 3. The minimum atomic E-state index is -0.135. The number of nitrogens with two attached hydrogens (primary N) is 1. The van der Waals surface area contributed by atoms with Crippen molar-refractivity contribution in [1.82, 2.24) is 10.2 Å². The van der Waals surface area contributed by atoms with Gasteiger partial charge in [0, 0.05) is 45.3 Å². The molecule has 1 aromatic rings. The fourth-order valence-electron chi connectivity index (χ4n) is 2.81. The van der Waals surface area contributed by atoms with E-state index < -0.39 is 0 Å². The minimum Gasteiger partial charge on any atom is -0.370 e. The van der Waals surface area contributed by atoms with Crippen LogP contribution in [0, 0.1) is 5.82 Å². The van der Waals surface area contributed by atoms with Crippen LogP contribution >= 0.6 is 0 Å². The van der Waals surface area contributed by atoms with E-state index in [1.807, 2.05) is 12.1 Å². The largest absolute Gasteiger partial charge is 0.370 e. The smallest absolute Gasteiger partial charge is 0.188 e. The number of guanidine groups is 1. The van der Waals surface area contributed by atoms with Crippen LogP contribution in [-0.2, 0) is 0 Å². The normalized spacial score (nSPS) is 17.8. The van der Waals surface area contributed by atoms with E-state index in [2.05, 4.69) is 34.0 Å². The zero-order valence-electron chi connectivity index (χ0n) is 14.8. The SMILES string of the molecule is CCC(C)NC(N)=NCCCN1CCN(c2ccccc2F)CC1. The second-order valence-electron chi connectivity index (χ2n) is 6.35. The van der Waals surface area contributed by atoms with Gasteiger partial charge in [0.1, 0.15) is 5.82 Å². The van der Waals surface area contributed by atoms with Gasteiger partial charge in [-0.3, -0.25) is 9.89 Å². The molecule has 3 N–H and O–H groups in total. The van der Waals surface area contributed by atoms with Gasteiger partial charge in [-0.1, -0.05) is 19.1 Å². The molecule has 0 bridgehead atoms. The van der Waals surface area contributed by atoms with Gasteiger partial charge < -0.3 is 16.0 Å². The minimum absolute atomic E-state index is 0.135. The van der Waals surface area contributed by atoms with Crippen LogP contribution in [0.2, 0.25) is 0 Å². The summed E-state index contributed by atoms with van der Waals surface area (Å²) in [6.07, 6.45) is 2.02. The van der Waals surface area contributed by atoms with Crippen molar-refractivity contribution in [2.75, 3.05) is 44.2 Å². The number of benzene rings is 1. The van der Waals surface area contributed by atoms with E-state index in [-0.39, 0.29) is 5.82 Å². The monoisotopic (exact) mass is 335 g/mol. The van der Waals surface area contributed by atoms with Gasteiger partial charge in [0.2, 0.25) is 0 Å². The zero-order valence-corrected chi connectivity index (χ0v) is 14.8. The molecule has 1 heterocycles. The fraction of sp³-hybridized carbons (Fsp3) is 0.611. The van der Waals surface area contributed by atoms with E-state index in [1.165, 1.54) is 6.07 Å². The third kappa shape index (κ3) is 5.67. The van der Waals surface area contributed by atoms with Crippen molar-refractivity contribution >= 4 is 11.6 Å². The number of nitrogens with zero attached hydrogens (tertiary/aromatic N) is 3.